The van der Waals surface area contributed by atoms with Gasteiger partial charge in [0.2, 0.25) is 0 Å². The standard InChI is InChI=1S/C17H22ClF5N4O/c1-24-16(25-7-11-4-5-27(9-11)10-17(21,22)23)26-8-12-6-13(18)2-3-14(12)28-15(19)20/h2-3,6,11,15H,4-5,7-10H2,1H3,(H2,24,25,26). The Morgan fingerprint density at radius 1 is 1.36 bits per heavy atom. The molecule has 1 aromatic rings. The molecule has 0 amide bonds. The number of hydrogen-bond acceptors (Lipinski definition) is 3. The van der Waals surface area contributed by atoms with Crippen molar-refractivity contribution in [3.05, 3.63) is 28.8 Å². The van der Waals surface area contributed by atoms with Gasteiger partial charge >= 0.3 is 12.8 Å². The maximum absolute atomic E-state index is 12.5. The van der Waals surface area contributed by atoms with E-state index in [-0.39, 0.29) is 18.2 Å². The molecule has 0 radical (unpaired) electrons. The monoisotopic (exact) mass is 428 g/mol. The molecule has 0 spiro atoms. The second-order valence-electron chi connectivity index (χ2n) is 6.44. The highest BCUT2D eigenvalue weighted by Gasteiger charge is 2.34. The minimum absolute atomic E-state index is 0.000869. The van der Waals surface area contributed by atoms with Gasteiger partial charge < -0.3 is 15.4 Å². The van der Waals surface area contributed by atoms with E-state index in [2.05, 4.69) is 20.4 Å². The van der Waals surface area contributed by atoms with E-state index in [9.17, 15) is 22.0 Å². The number of alkyl halides is 5. The third-order valence-electron chi connectivity index (χ3n) is 4.24. The molecule has 1 saturated heterocycles. The first-order valence-electron chi connectivity index (χ1n) is 8.63. The first-order chi connectivity index (χ1) is 13.2. The minimum Gasteiger partial charge on any atom is -0.434 e. The summed E-state index contributed by atoms with van der Waals surface area (Å²) >= 11 is 5.91. The van der Waals surface area contributed by atoms with Crippen molar-refractivity contribution in [2.45, 2.75) is 25.8 Å². The molecule has 1 atom stereocenters. The van der Waals surface area contributed by atoms with Gasteiger partial charge in [-0.25, -0.2) is 0 Å². The van der Waals surface area contributed by atoms with Crippen LogP contribution >= 0.6 is 11.6 Å². The van der Waals surface area contributed by atoms with Crippen molar-refractivity contribution in [2.24, 2.45) is 10.9 Å². The first-order valence-corrected chi connectivity index (χ1v) is 9.01. The summed E-state index contributed by atoms with van der Waals surface area (Å²) in [5.74, 6) is 0.461. The second kappa shape index (κ2) is 10.1. The molecule has 1 aliphatic rings. The van der Waals surface area contributed by atoms with Crippen LogP contribution in [0.4, 0.5) is 22.0 Å². The number of rotatable bonds is 7. The number of aliphatic imine (C=N–C) groups is 1. The van der Waals surface area contributed by atoms with E-state index in [4.69, 9.17) is 11.6 Å². The summed E-state index contributed by atoms with van der Waals surface area (Å²) in [6.07, 6.45) is -3.55. The van der Waals surface area contributed by atoms with Crippen LogP contribution in [0.3, 0.4) is 0 Å². The van der Waals surface area contributed by atoms with Gasteiger partial charge in [-0.05, 0) is 37.1 Å². The predicted octanol–water partition coefficient (Wildman–Crippen LogP) is 3.49. The second-order valence-corrected chi connectivity index (χ2v) is 6.88. The highest BCUT2D eigenvalue weighted by Crippen LogP contribution is 2.25. The molecule has 158 valence electrons. The zero-order valence-corrected chi connectivity index (χ0v) is 16.0. The predicted molar refractivity (Wildman–Crippen MR) is 96.9 cm³/mol. The fourth-order valence-electron chi connectivity index (χ4n) is 3.01. The number of likely N-dealkylation sites (tertiary alicyclic amines) is 1. The van der Waals surface area contributed by atoms with Gasteiger partial charge in [-0.1, -0.05) is 11.6 Å². The Labute approximate surface area is 164 Å². The maximum Gasteiger partial charge on any atom is 0.401 e. The summed E-state index contributed by atoms with van der Waals surface area (Å²) in [5, 5.41) is 6.38. The van der Waals surface area contributed by atoms with Gasteiger partial charge in [0.25, 0.3) is 0 Å². The summed E-state index contributed by atoms with van der Waals surface area (Å²) in [7, 11) is 1.54. The molecular weight excluding hydrogens is 407 g/mol. The van der Waals surface area contributed by atoms with E-state index in [0.717, 1.165) is 0 Å². The minimum atomic E-state index is -4.20. The molecule has 1 heterocycles. The molecule has 1 fully saturated rings. The summed E-state index contributed by atoms with van der Waals surface area (Å²) < 4.78 is 66.8. The fraction of sp³-hybridized carbons (Fsp3) is 0.588. The molecule has 0 saturated carbocycles. The smallest absolute Gasteiger partial charge is 0.401 e. The van der Waals surface area contributed by atoms with E-state index in [1.807, 2.05) is 0 Å². The molecule has 28 heavy (non-hydrogen) atoms. The molecule has 0 aromatic heterocycles. The van der Waals surface area contributed by atoms with Gasteiger partial charge in [-0.3, -0.25) is 9.89 Å². The Hall–Kier alpha value is -1.81. The zero-order chi connectivity index (χ0) is 20.7. The van der Waals surface area contributed by atoms with Gasteiger partial charge in [-0.15, -0.1) is 0 Å². The van der Waals surface area contributed by atoms with E-state index in [1.165, 1.54) is 30.1 Å². The number of halogens is 6. The number of nitrogens with zero attached hydrogens (tertiary/aromatic N) is 2. The fourth-order valence-corrected chi connectivity index (χ4v) is 3.21. The van der Waals surface area contributed by atoms with Crippen molar-refractivity contribution in [3.63, 3.8) is 0 Å². The molecule has 1 aromatic carbocycles. The Balaban J connectivity index is 1.83. The van der Waals surface area contributed by atoms with Crippen molar-refractivity contribution >= 4 is 17.6 Å². The number of guanidine groups is 1. The zero-order valence-electron chi connectivity index (χ0n) is 15.2. The van der Waals surface area contributed by atoms with Crippen LogP contribution in [0.5, 0.6) is 5.75 Å². The van der Waals surface area contributed by atoms with E-state index in [1.54, 1.807) is 0 Å². The highest BCUT2D eigenvalue weighted by atomic mass is 35.5. The SMILES string of the molecule is CN=C(NCc1cc(Cl)ccc1OC(F)F)NCC1CCN(CC(F)(F)F)C1. The molecule has 5 nitrogen and oxygen atoms in total. The average molecular weight is 429 g/mol. The summed E-state index contributed by atoms with van der Waals surface area (Å²) in [6, 6.07) is 4.31. The number of benzene rings is 1. The van der Waals surface area contributed by atoms with E-state index >= 15 is 0 Å². The topological polar surface area (TPSA) is 48.9 Å². The third kappa shape index (κ3) is 7.67. The van der Waals surface area contributed by atoms with Crippen LogP contribution in [0.25, 0.3) is 0 Å². The molecular formula is C17H22ClF5N4O. The Morgan fingerprint density at radius 3 is 2.75 bits per heavy atom. The first kappa shape index (κ1) is 22.5. The van der Waals surface area contributed by atoms with Crippen LogP contribution in [0.2, 0.25) is 5.02 Å². The Bertz CT molecular complexity index is 671. The molecule has 1 unspecified atom stereocenters. The highest BCUT2D eigenvalue weighted by molar-refractivity contribution is 6.30. The van der Waals surface area contributed by atoms with Crippen LogP contribution < -0.4 is 15.4 Å². The molecule has 11 heteroatoms. The largest absolute Gasteiger partial charge is 0.434 e. The maximum atomic E-state index is 12.5. The molecule has 0 bridgehead atoms. The van der Waals surface area contributed by atoms with Gasteiger partial charge in [0.15, 0.2) is 5.96 Å². The summed E-state index contributed by atoms with van der Waals surface area (Å²) in [6.45, 7) is -2.53. The van der Waals surface area contributed by atoms with Crippen molar-refractivity contribution in [1.29, 1.82) is 0 Å². The molecule has 1 aliphatic heterocycles. The van der Waals surface area contributed by atoms with Gasteiger partial charge in [0.1, 0.15) is 5.75 Å². The lowest BCUT2D eigenvalue weighted by Gasteiger charge is -2.19. The number of hydrogen-bond donors (Lipinski definition) is 2. The lowest BCUT2D eigenvalue weighted by Crippen LogP contribution is -2.40. The molecule has 2 N–H and O–H groups in total. The number of ether oxygens (including phenoxy) is 1. The van der Waals surface area contributed by atoms with Gasteiger partial charge in [0.05, 0.1) is 6.54 Å². The van der Waals surface area contributed by atoms with Gasteiger partial charge in [0, 0.05) is 37.3 Å². The Kier molecular flexibility index (Phi) is 8.11. The van der Waals surface area contributed by atoms with Crippen molar-refractivity contribution in [2.75, 3.05) is 33.2 Å². The van der Waals surface area contributed by atoms with Crippen molar-refractivity contribution in [3.8, 4) is 5.75 Å². The van der Waals surface area contributed by atoms with Crippen LogP contribution in [-0.2, 0) is 6.54 Å². The average Bonchev–Trinajstić information content (AvgIpc) is 3.02. The lowest BCUT2D eigenvalue weighted by molar-refractivity contribution is -0.143. The Morgan fingerprint density at radius 2 is 2.11 bits per heavy atom. The van der Waals surface area contributed by atoms with E-state index in [0.29, 0.717) is 42.6 Å². The summed E-state index contributed by atoms with van der Waals surface area (Å²) in [4.78, 5) is 5.41. The summed E-state index contributed by atoms with van der Waals surface area (Å²) in [5.41, 5.74) is 0.424. The normalized spacial score (nSPS) is 18.6. The third-order valence-corrected chi connectivity index (χ3v) is 4.47. The van der Waals surface area contributed by atoms with E-state index < -0.39 is 19.3 Å². The lowest BCUT2D eigenvalue weighted by atomic mass is 10.1. The van der Waals surface area contributed by atoms with Crippen LogP contribution in [0, 0.1) is 5.92 Å². The van der Waals surface area contributed by atoms with Crippen molar-refractivity contribution in [1.82, 2.24) is 15.5 Å². The van der Waals surface area contributed by atoms with Crippen LogP contribution in [0.1, 0.15) is 12.0 Å². The van der Waals surface area contributed by atoms with Gasteiger partial charge in [-0.2, -0.15) is 22.0 Å². The number of nitrogens with one attached hydrogen (secondary N) is 2. The van der Waals surface area contributed by atoms with Crippen LogP contribution in [-0.4, -0.2) is 56.9 Å². The molecule has 2 rings (SSSR count). The quantitative estimate of drug-likeness (QED) is 0.396. The van der Waals surface area contributed by atoms with Crippen LogP contribution in [0.15, 0.2) is 23.2 Å². The van der Waals surface area contributed by atoms with Crippen molar-refractivity contribution < 1.29 is 26.7 Å². The molecule has 0 aliphatic carbocycles.